The van der Waals surface area contributed by atoms with Gasteiger partial charge >= 0.3 is 0 Å². The summed E-state index contributed by atoms with van der Waals surface area (Å²) in [5.41, 5.74) is 1.96. The Bertz CT molecular complexity index is 655. The first kappa shape index (κ1) is 18.0. The summed E-state index contributed by atoms with van der Waals surface area (Å²) in [5, 5.41) is 12.8. The van der Waals surface area contributed by atoms with Crippen LogP contribution < -0.4 is 10.1 Å². The van der Waals surface area contributed by atoms with Gasteiger partial charge in [-0.25, -0.2) is 0 Å². The summed E-state index contributed by atoms with van der Waals surface area (Å²) in [6.45, 7) is 6.55. The smallest absolute Gasteiger partial charge is 0.224 e. The van der Waals surface area contributed by atoms with Gasteiger partial charge < -0.3 is 15.2 Å². The van der Waals surface area contributed by atoms with Gasteiger partial charge in [0.1, 0.15) is 5.75 Å². The van der Waals surface area contributed by atoms with Crippen molar-refractivity contribution < 1.29 is 14.6 Å². The first-order chi connectivity index (χ1) is 11.4. The van der Waals surface area contributed by atoms with E-state index in [4.69, 9.17) is 4.74 Å². The third kappa shape index (κ3) is 5.39. The summed E-state index contributed by atoms with van der Waals surface area (Å²) in [4.78, 5) is 12.0. The molecule has 4 nitrogen and oxygen atoms in total. The molecule has 0 aliphatic heterocycles. The van der Waals surface area contributed by atoms with Gasteiger partial charge in [-0.2, -0.15) is 0 Å². The minimum atomic E-state index is -0.852. The number of aliphatic hydroxyl groups is 1. The molecule has 4 heteroatoms. The highest BCUT2D eigenvalue weighted by atomic mass is 16.5. The first-order valence-corrected chi connectivity index (χ1v) is 8.18. The average molecular weight is 327 g/mol. The van der Waals surface area contributed by atoms with Crippen LogP contribution in [0.15, 0.2) is 48.5 Å². The monoisotopic (exact) mass is 327 g/mol. The van der Waals surface area contributed by atoms with Gasteiger partial charge in [0.15, 0.2) is 0 Å². The van der Waals surface area contributed by atoms with Crippen LogP contribution >= 0.6 is 0 Å². The summed E-state index contributed by atoms with van der Waals surface area (Å²) >= 11 is 0. The molecule has 0 unspecified atom stereocenters. The van der Waals surface area contributed by atoms with Gasteiger partial charge in [-0.05, 0) is 49.6 Å². The fourth-order valence-corrected chi connectivity index (χ4v) is 2.35. The number of benzene rings is 2. The Kier molecular flexibility index (Phi) is 5.99. The number of hydrogen-bond acceptors (Lipinski definition) is 3. The Morgan fingerprint density at radius 1 is 1.04 bits per heavy atom. The number of amides is 1. The predicted octanol–water partition coefficient (Wildman–Crippen LogP) is 3.17. The summed E-state index contributed by atoms with van der Waals surface area (Å²) in [5.74, 6) is 0.791. The molecule has 0 saturated carbocycles. The van der Waals surface area contributed by atoms with Crippen LogP contribution in [0.1, 0.15) is 37.5 Å². The summed E-state index contributed by atoms with van der Waals surface area (Å²) < 4.78 is 5.39. The molecular weight excluding hydrogens is 302 g/mol. The van der Waals surface area contributed by atoms with Crippen LogP contribution in [0.3, 0.4) is 0 Å². The van der Waals surface area contributed by atoms with Gasteiger partial charge in [-0.3, -0.25) is 4.79 Å². The molecule has 0 atom stereocenters. The van der Waals surface area contributed by atoms with Crippen molar-refractivity contribution in [2.45, 2.75) is 39.3 Å². The first-order valence-electron chi connectivity index (χ1n) is 8.18. The van der Waals surface area contributed by atoms with E-state index in [9.17, 15) is 9.90 Å². The second kappa shape index (κ2) is 7.97. The lowest BCUT2D eigenvalue weighted by Gasteiger charge is -2.18. The Morgan fingerprint density at radius 3 is 2.17 bits per heavy atom. The maximum absolute atomic E-state index is 12.0. The molecule has 0 spiro atoms. The van der Waals surface area contributed by atoms with Crippen molar-refractivity contribution in [1.82, 2.24) is 5.32 Å². The van der Waals surface area contributed by atoms with E-state index in [1.54, 1.807) is 13.8 Å². The zero-order valence-electron chi connectivity index (χ0n) is 14.5. The molecule has 0 aliphatic carbocycles. The van der Waals surface area contributed by atoms with E-state index in [1.807, 2.05) is 55.5 Å². The Hall–Kier alpha value is -2.33. The van der Waals surface area contributed by atoms with Gasteiger partial charge in [0, 0.05) is 6.54 Å². The number of rotatable bonds is 7. The predicted molar refractivity (Wildman–Crippen MR) is 94.8 cm³/mol. The van der Waals surface area contributed by atoms with Crippen LogP contribution in [0, 0.1) is 0 Å². The quantitative estimate of drug-likeness (QED) is 0.821. The zero-order valence-corrected chi connectivity index (χ0v) is 14.5. The highest BCUT2D eigenvalue weighted by Crippen LogP contribution is 2.19. The Labute approximate surface area is 143 Å². The van der Waals surface area contributed by atoms with Crippen LogP contribution in [0.4, 0.5) is 0 Å². The molecule has 2 N–H and O–H groups in total. The average Bonchev–Trinajstić information content (AvgIpc) is 2.55. The zero-order chi connectivity index (χ0) is 17.6. The van der Waals surface area contributed by atoms with Crippen LogP contribution in [0.25, 0.3) is 0 Å². The molecule has 128 valence electrons. The van der Waals surface area contributed by atoms with Crippen LogP contribution in [-0.2, 0) is 23.4 Å². The molecule has 0 heterocycles. The number of carbonyl (C=O) groups is 1. The largest absolute Gasteiger partial charge is 0.494 e. The van der Waals surface area contributed by atoms with Crippen LogP contribution in [-0.4, -0.2) is 17.6 Å². The third-order valence-corrected chi connectivity index (χ3v) is 3.75. The molecule has 24 heavy (non-hydrogen) atoms. The SMILES string of the molecule is CCOc1ccc(CC(=O)NCc2ccc(C(C)(C)O)cc2)cc1. The number of ether oxygens (including phenoxy) is 1. The van der Waals surface area contributed by atoms with Gasteiger partial charge in [-0.15, -0.1) is 0 Å². The lowest BCUT2D eigenvalue weighted by Crippen LogP contribution is -2.24. The van der Waals surface area contributed by atoms with Crippen molar-refractivity contribution in [2.75, 3.05) is 6.61 Å². The van der Waals surface area contributed by atoms with Gasteiger partial charge in [0.25, 0.3) is 0 Å². The van der Waals surface area contributed by atoms with E-state index in [-0.39, 0.29) is 5.91 Å². The molecule has 0 saturated heterocycles. The highest BCUT2D eigenvalue weighted by Gasteiger charge is 2.15. The highest BCUT2D eigenvalue weighted by molar-refractivity contribution is 5.78. The van der Waals surface area contributed by atoms with E-state index in [0.717, 1.165) is 22.4 Å². The molecule has 2 rings (SSSR count). The van der Waals surface area contributed by atoms with E-state index < -0.39 is 5.60 Å². The van der Waals surface area contributed by atoms with Gasteiger partial charge in [-0.1, -0.05) is 36.4 Å². The maximum atomic E-state index is 12.0. The summed E-state index contributed by atoms with van der Waals surface area (Å²) in [6, 6.07) is 15.2. The summed E-state index contributed by atoms with van der Waals surface area (Å²) in [6.07, 6.45) is 0.341. The Balaban J connectivity index is 1.84. The molecular formula is C20H25NO3. The van der Waals surface area contributed by atoms with Crippen molar-refractivity contribution in [3.05, 3.63) is 65.2 Å². The van der Waals surface area contributed by atoms with E-state index >= 15 is 0 Å². The number of nitrogens with one attached hydrogen (secondary N) is 1. The second-order valence-electron chi connectivity index (χ2n) is 6.29. The molecule has 2 aromatic carbocycles. The van der Waals surface area contributed by atoms with Crippen LogP contribution in [0.5, 0.6) is 5.75 Å². The lowest BCUT2D eigenvalue weighted by molar-refractivity contribution is -0.120. The van der Waals surface area contributed by atoms with Crippen molar-refractivity contribution in [2.24, 2.45) is 0 Å². The van der Waals surface area contributed by atoms with Gasteiger partial charge in [0.2, 0.25) is 5.91 Å². The molecule has 0 fully saturated rings. The second-order valence-corrected chi connectivity index (χ2v) is 6.29. The molecule has 0 aromatic heterocycles. The van der Waals surface area contributed by atoms with Crippen molar-refractivity contribution in [3.8, 4) is 5.75 Å². The van der Waals surface area contributed by atoms with Gasteiger partial charge in [0.05, 0.1) is 18.6 Å². The van der Waals surface area contributed by atoms with E-state index in [2.05, 4.69) is 5.32 Å². The van der Waals surface area contributed by atoms with Crippen molar-refractivity contribution >= 4 is 5.91 Å². The van der Waals surface area contributed by atoms with Crippen LogP contribution in [0.2, 0.25) is 0 Å². The standard InChI is InChI=1S/C20H25NO3/c1-4-24-18-11-7-15(8-12-18)13-19(22)21-14-16-5-9-17(10-6-16)20(2,3)23/h5-12,23H,4,13-14H2,1-3H3,(H,21,22). The fourth-order valence-electron chi connectivity index (χ4n) is 2.35. The molecule has 0 radical (unpaired) electrons. The van der Waals surface area contributed by atoms with E-state index in [1.165, 1.54) is 0 Å². The molecule has 2 aromatic rings. The van der Waals surface area contributed by atoms with Crippen molar-refractivity contribution in [3.63, 3.8) is 0 Å². The Morgan fingerprint density at radius 2 is 1.62 bits per heavy atom. The maximum Gasteiger partial charge on any atom is 0.224 e. The molecule has 1 amide bonds. The topological polar surface area (TPSA) is 58.6 Å². The van der Waals surface area contributed by atoms with E-state index in [0.29, 0.717) is 19.6 Å². The number of hydrogen-bond donors (Lipinski definition) is 2. The summed E-state index contributed by atoms with van der Waals surface area (Å²) in [7, 11) is 0. The normalized spacial score (nSPS) is 11.2. The fraction of sp³-hybridized carbons (Fsp3) is 0.350. The third-order valence-electron chi connectivity index (χ3n) is 3.75. The van der Waals surface area contributed by atoms with Crippen molar-refractivity contribution in [1.29, 1.82) is 0 Å². The minimum absolute atomic E-state index is 0.0225. The lowest BCUT2D eigenvalue weighted by atomic mass is 9.97. The molecule has 0 aliphatic rings. The minimum Gasteiger partial charge on any atom is -0.494 e. The molecule has 0 bridgehead atoms. The number of carbonyl (C=O) groups excluding carboxylic acids is 1.